The summed E-state index contributed by atoms with van der Waals surface area (Å²) < 4.78 is 12.6. The van der Waals surface area contributed by atoms with E-state index >= 15 is 0 Å². The summed E-state index contributed by atoms with van der Waals surface area (Å²) in [6.45, 7) is 2.68. The molecule has 2 heterocycles. The summed E-state index contributed by atoms with van der Waals surface area (Å²) >= 11 is 0. The highest BCUT2D eigenvalue weighted by Gasteiger charge is 2.38. The Kier molecular flexibility index (Phi) is 3.98. The van der Waals surface area contributed by atoms with Crippen molar-refractivity contribution in [2.75, 3.05) is 13.2 Å². The number of nitrogens with zero attached hydrogens (tertiary/aromatic N) is 3. The first-order chi connectivity index (χ1) is 12.5. The standard InChI is InChI=1S/C17H18N4O5/c1-9-14(16(22)18-15(17(23)24)10-2-3-10)19-20-21(9)11-4-5-12-13(8-11)26-7-6-25-12/h4-5,8,10,15H,2-3,6-7H2,1H3,(H,18,22)(H,23,24)/t15-/m0/s1. The molecule has 1 aromatic carbocycles. The van der Waals surface area contributed by atoms with E-state index in [2.05, 4.69) is 15.6 Å². The lowest BCUT2D eigenvalue weighted by atomic mass is 10.2. The summed E-state index contributed by atoms with van der Waals surface area (Å²) in [6.07, 6.45) is 1.61. The fourth-order valence-electron chi connectivity index (χ4n) is 2.97. The van der Waals surface area contributed by atoms with Gasteiger partial charge in [0, 0.05) is 6.07 Å². The molecule has 0 unspecified atom stereocenters. The highest BCUT2D eigenvalue weighted by molar-refractivity contribution is 5.96. The van der Waals surface area contributed by atoms with Gasteiger partial charge in [0.1, 0.15) is 19.3 Å². The van der Waals surface area contributed by atoms with Gasteiger partial charge < -0.3 is 19.9 Å². The van der Waals surface area contributed by atoms with Gasteiger partial charge in [-0.05, 0) is 37.8 Å². The van der Waals surface area contributed by atoms with Gasteiger partial charge in [0.2, 0.25) is 0 Å². The van der Waals surface area contributed by atoms with E-state index in [1.165, 1.54) is 4.68 Å². The lowest BCUT2D eigenvalue weighted by molar-refractivity contribution is -0.139. The first-order valence-corrected chi connectivity index (χ1v) is 8.40. The van der Waals surface area contributed by atoms with Crippen molar-refractivity contribution in [3.8, 4) is 17.2 Å². The molecule has 1 saturated carbocycles. The second-order valence-electron chi connectivity index (χ2n) is 6.39. The van der Waals surface area contributed by atoms with Gasteiger partial charge in [-0.1, -0.05) is 5.21 Å². The number of benzene rings is 1. The molecule has 1 aliphatic carbocycles. The maximum Gasteiger partial charge on any atom is 0.326 e. The van der Waals surface area contributed by atoms with Crippen LogP contribution in [0.4, 0.5) is 0 Å². The van der Waals surface area contributed by atoms with Gasteiger partial charge in [0.25, 0.3) is 5.91 Å². The lowest BCUT2D eigenvalue weighted by Crippen LogP contribution is -2.42. The number of rotatable bonds is 5. The van der Waals surface area contributed by atoms with Crippen molar-refractivity contribution in [1.82, 2.24) is 20.3 Å². The molecule has 0 radical (unpaired) electrons. The zero-order valence-electron chi connectivity index (χ0n) is 14.1. The molecule has 2 N–H and O–H groups in total. The van der Waals surface area contributed by atoms with E-state index in [0.717, 1.165) is 12.8 Å². The average molecular weight is 358 g/mol. The van der Waals surface area contributed by atoms with E-state index < -0.39 is 17.9 Å². The van der Waals surface area contributed by atoms with E-state index in [1.807, 2.05) is 0 Å². The molecule has 9 heteroatoms. The quantitative estimate of drug-likeness (QED) is 0.817. The minimum absolute atomic E-state index is 0.00963. The summed E-state index contributed by atoms with van der Waals surface area (Å²) in [7, 11) is 0. The monoisotopic (exact) mass is 358 g/mol. The molecule has 1 fully saturated rings. The summed E-state index contributed by atoms with van der Waals surface area (Å²) in [4.78, 5) is 23.8. The first kappa shape index (κ1) is 16.4. The van der Waals surface area contributed by atoms with Gasteiger partial charge in [0.15, 0.2) is 17.2 Å². The molecule has 26 heavy (non-hydrogen) atoms. The van der Waals surface area contributed by atoms with E-state index in [4.69, 9.17) is 9.47 Å². The van der Waals surface area contributed by atoms with Crippen molar-refractivity contribution in [3.05, 3.63) is 29.6 Å². The van der Waals surface area contributed by atoms with Gasteiger partial charge >= 0.3 is 5.97 Å². The van der Waals surface area contributed by atoms with Gasteiger partial charge in [-0.15, -0.1) is 5.10 Å². The number of nitrogens with one attached hydrogen (secondary N) is 1. The molecule has 9 nitrogen and oxygen atoms in total. The number of hydrogen-bond donors (Lipinski definition) is 2. The van der Waals surface area contributed by atoms with Gasteiger partial charge in [0.05, 0.1) is 11.4 Å². The summed E-state index contributed by atoms with van der Waals surface area (Å²) in [5.41, 5.74) is 1.29. The van der Waals surface area contributed by atoms with Crippen LogP contribution in [0.15, 0.2) is 18.2 Å². The SMILES string of the molecule is Cc1c(C(=O)N[C@H](C(=O)O)C2CC2)nnn1-c1ccc2c(c1)OCCO2. The van der Waals surface area contributed by atoms with Crippen molar-refractivity contribution in [2.45, 2.75) is 25.8 Å². The van der Waals surface area contributed by atoms with Gasteiger partial charge in [-0.3, -0.25) is 4.79 Å². The van der Waals surface area contributed by atoms with Crippen LogP contribution >= 0.6 is 0 Å². The first-order valence-electron chi connectivity index (χ1n) is 8.40. The number of aromatic nitrogens is 3. The predicted octanol–water partition coefficient (Wildman–Crippen LogP) is 0.940. The second kappa shape index (κ2) is 6.32. The van der Waals surface area contributed by atoms with Crippen LogP contribution in [0.3, 0.4) is 0 Å². The number of amides is 1. The van der Waals surface area contributed by atoms with E-state index in [1.54, 1.807) is 25.1 Å². The second-order valence-corrected chi connectivity index (χ2v) is 6.39. The van der Waals surface area contributed by atoms with Crippen LogP contribution in [0.25, 0.3) is 5.69 Å². The highest BCUT2D eigenvalue weighted by Crippen LogP contribution is 2.33. The predicted molar refractivity (Wildman–Crippen MR) is 88.7 cm³/mol. The third-order valence-electron chi connectivity index (χ3n) is 4.53. The zero-order chi connectivity index (χ0) is 18.3. The van der Waals surface area contributed by atoms with Crippen LogP contribution in [0.5, 0.6) is 11.5 Å². The van der Waals surface area contributed by atoms with Crippen molar-refractivity contribution in [1.29, 1.82) is 0 Å². The number of carboxylic acids is 1. The summed E-state index contributed by atoms with van der Waals surface area (Å²) in [5, 5.41) is 19.8. The fourth-order valence-corrected chi connectivity index (χ4v) is 2.97. The van der Waals surface area contributed by atoms with Gasteiger partial charge in [-0.2, -0.15) is 0 Å². The van der Waals surface area contributed by atoms with Crippen LogP contribution in [0, 0.1) is 12.8 Å². The number of carboxylic acid groups (broad SMARTS) is 1. The third-order valence-corrected chi connectivity index (χ3v) is 4.53. The minimum Gasteiger partial charge on any atom is -0.486 e. The molecular weight excluding hydrogens is 340 g/mol. The van der Waals surface area contributed by atoms with Gasteiger partial charge in [-0.25, -0.2) is 9.48 Å². The summed E-state index contributed by atoms with van der Waals surface area (Å²) in [6, 6.07) is 4.45. The number of ether oxygens (including phenoxy) is 2. The van der Waals surface area contributed by atoms with Crippen LogP contribution in [-0.2, 0) is 4.79 Å². The Hall–Kier alpha value is -3.10. The molecule has 4 rings (SSSR count). The fraction of sp³-hybridized carbons (Fsp3) is 0.412. The zero-order valence-corrected chi connectivity index (χ0v) is 14.1. The molecule has 0 bridgehead atoms. The van der Waals surface area contributed by atoms with E-state index in [0.29, 0.717) is 36.1 Å². The van der Waals surface area contributed by atoms with E-state index in [9.17, 15) is 14.7 Å². The van der Waals surface area contributed by atoms with Crippen LogP contribution in [-0.4, -0.2) is 51.2 Å². The molecule has 2 aliphatic rings. The Labute approximate surface area is 148 Å². The van der Waals surface area contributed by atoms with Crippen molar-refractivity contribution >= 4 is 11.9 Å². The molecule has 1 atom stereocenters. The molecule has 0 saturated heterocycles. The average Bonchev–Trinajstić information content (AvgIpc) is 3.40. The number of hydrogen-bond acceptors (Lipinski definition) is 6. The topological polar surface area (TPSA) is 116 Å². The van der Waals surface area contributed by atoms with Crippen molar-refractivity contribution in [3.63, 3.8) is 0 Å². The Morgan fingerprint density at radius 1 is 1.27 bits per heavy atom. The number of carbonyl (C=O) groups excluding carboxylic acids is 1. The Balaban J connectivity index is 1.58. The Morgan fingerprint density at radius 3 is 2.69 bits per heavy atom. The third kappa shape index (κ3) is 2.96. The van der Waals surface area contributed by atoms with E-state index in [-0.39, 0.29) is 11.6 Å². The van der Waals surface area contributed by atoms with Crippen LogP contribution in [0.1, 0.15) is 29.0 Å². The Bertz CT molecular complexity index is 874. The minimum atomic E-state index is -1.03. The maximum atomic E-state index is 12.5. The molecule has 136 valence electrons. The molecule has 2 aromatic rings. The molecule has 1 amide bonds. The van der Waals surface area contributed by atoms with Crippen molar-refractivity contribution in [2.24, 2.45) is 5.92 Å². The largest absolute Gasteiger partial charge is 0.486 e. The smallest absolute Gasteiger partial charge is 0.326 e. The molecule has 0 spiro atoms. The van der Waals surface area contributed by atoms with Crippen LogP contribution in [0.2, 0.25) is 0 Å². The Morgan fingerprint density at radius 2 is 2.00 bits per heavy atom. The number of carbonyl (C=O) groups is 2. The van der Waals surface area contributed by atoms with Crippen molar-refractivity contribution < 1.29 is 24.2 Å². The number of fused-ring (bicyclic) bond motifs is 1. The highest BCUT2D eigenvalue weighted by atomic mass is 16.6. The summed E-state index contributed by atoms with van der Waals surface area (Å²) in [5.74, 6) is -0.313. The molecular formula is C17H18N4O5. The normalized spacial score (nSPS) is 16.8. The lowest BCUT2D eigenvalue weighted by Gasteiger charge is -2.18. The maximum absolute atomic E-state index is 12.5. The molecule has 1 aromatic heterocycles. The number of aliphatic carboxylic acids is 1. The molecule has 1 aliphatic heterocycles. The van der Waals surface area contributed by atoms with Crippen LogP contribution < -0.4 is 14.8 Å².